The highest BCUT2D eigenvalue weighted by atomic mass is 31.1. The average Bonchev–Trinajstić information content (AvgIpc) is 2.21. The quantitative estimate of drug-likeness (QED) is 0.276. The maximum Gasteiger partial charge on any atom is 0.356 e. The number of allylic oxidation sites excluding steroid dienone is 1. The van der Waals surface area contributed by atoms with Gasteiger partial charge in [-0.2, -0.15) is 0 Å². The molecule has 0 fully saturated rings. The lowest BCUT2D eigenvalue weighted by Crippen LogP contribution is -2.34. The van der Waals surface area contributed by atoms with E-state index in [9.17, 15) is 23.7 Å². The van der Waals surface area contributed by atoms with Crippen LogP contribution in [0.15, 0.2) is 12.2 Å². The second kappa shape index (κ2) is 6.41. The van der Waals surface area contributed by atoms with Crippen molar-refractivity contribution < 1.29 is 38.7 Å². The highest BCUT2D eigenvalue weighted by Gasteiger charge is 2.29. The number of carbonyl (C=O) groups excluding carboxylic acids is 2. The predicted octanol–water partition coefficient (Wildman–Crippen LogP) is -0.558. The fourth-order valence-corrected chi connectivity index (χ4v) is 0.667. The van der Waals surface area contributed by atoms with Crippen LogP contribution < -0.4 is 0 Å². The minimum Gasteiger partial charge on any atom is -0.478 e. The molecule has 0 spiro atoms. The Morgan fingerprint density at radius 3 is 1.94 bits per heavy atom. The molecule has 86 valence electrons. The lowest BCUT2D eigenvalue weighted by Gasteiger charge is -2.06. The first kappa shape index (κ1) is 13.9. The molecule has 0 aromatic rings. The van der Waals surface area contributed by atoms with Gasteiger partial charge in [-0.05, 0) is 0 Å². The Kier molecular flexibility index (Phi) is 5.58. The third-order valence-corrected chi connectivity index (χ3v) is 1.46. The van der Waals surface area contributed by atoms with Gasteiger partial charge in [0, 0.05) is 12.2 Å². The zero-order valence-electron chi connectivity index (χ0n) is 7.52. The number of aliphatic carboxylic acids is 2. The van der Waals surface area contributed by atoms with Crippen molar-refractivity contribution in [2.45, 2.75) is 6.10 Å². The minimum atomic E-state index is -2.35. The largest absolute Gasteiger partial charge is 0.478 e. The summed E-state index contributed by atoms with van der Waals surface area (Å²) >= 11 is 0. The van der Waals surface area contributed by atoms with E-state index in [4.69, 9.17) is 10.2 Å². The molecular weight excluding hydrogens is 243 g/mol. The molecular formula is C7H5O8P. The monoisotopic (exact) mass is 248 g/mol. The second-order valence-electron chi connectivity index (χ2n) is 2.26. The van der Waals surface area contributed by atoms with Crippen LogP contribution in [0.2, 0.25) is 0 Å². The molecule has 0 saturated carbocycles. The number of ether oxygens (including phenoxy) is 1. The summed E-state index contributed by atoms with van der Waals surface area (Å²) in [6.45, 7) is 0. The van der Waals surface area contributed by atoms with Crippen LogP contribution in [0.1, 0.15) is 0 Å². The number of carboxylic acid groups (broad SMARTS) is 2. The van der Waals surface area contributed by atoms with E-state index in [1.807, 2.05) is 0 Å². The first-order valence-corrected chi connectivity index (χ1v) is 4.41. The minimum absolute atomic E-state index is 0.478. The molecule has 0 atom stereocenters. The SMILES string of the molecule is O=PC(=O)/C=C/C(=O)OC(C(=O)O)C(=O)O. The van der Waals surface area contributed by atoms with Gasteiger partial charge in [-0.3, -0.25) is 9.36 Å². The molecule has 0 heterocycles. The first-order chi connectivity index (χ1) is 7.38. The normalized spacial score (nSPS) is 10.6. The standard InChI is InChI=1S/C7H5O8P/c8-3(1-2-4(9)16-14)15-5(6(10)11)7(12)13/h1-2,5H,(H,10,11)(H,12,13)/b2-1+. The molecule has 16 heavy (non-hydrogen) atoms. The molecule has 0 radical (unpaired) electrons. The van der Waals surface area contributed by atoms with Crippen molar-refractivity contribution in [2.24, 2.45) is 0 Å². The van der Waals surface area contributed by atoms with Crippen molar-refractivity contribution >= 4 is 31.9 Å². The summed E-state index contributed by atoms with van der Waals surface area (Å²) in [7, 11) is -0.858. The van der Waals surface area contributed by atoms with Crippen LogP contribution in [-0.4, -0.2) is 39.7 Å². The highest BCUT2D eigenvalue weighted by Crippen LogP contribution is 1.98. The van der Waals surface area contributed by atoms with Crippen LogP contribution in [0, 0.1) is 0 Å². The van der Waals surface area contributed by atoms with Crippen molar-refractivity contribution in [1.82, 2.24) is 0 Å². The van der Waals surface area contributed by atoms with Crippen molar-refractivity contribution in [2.75, 3.05) is 0 Å². The Morgan fingerprint density at radius 1 is 1.06 bits per heavy atom. The van der Waals surface area contributed by atoms with E-state index in [2.05, 4.69) is 4.74 Å². The van der Waals surface area contributed by atoms with Gasteiger partial charge in [-0.1, -0.05) is 0 Å². The first-order valence-electron chi connectivity index (χ1n) is 3.60. The number of rotatable bonds is 6. The van der Waals surface area contributed by atoms with E-state index in [0.29, 0.717) is 12.2 Å². The number of carbonyl (C=O) groups is 4. The fourth-order valence-electron chi connectivity index (χ4n) is 0.532. The van der Waals surface area contributed by atoms with Crippen molar-refractivity contribution in [3.63, 3.8) is 0 Å². The van der Waals surface area contributed by atoms with E-state index in [1.165, 1.54) is 0 Å². The third-order valence-electron chi connectivity index (χ3n) is 1.13. The maximum absolute atomic E-state index is 10.8. The highest BCUT2D eigenvalue weighted by molar-refractivity contribution is 7.46. The van der Waals surface area contributed by atoms with Crippen LogP contribution in [0.5, 0.6) is 0 Å². The summed E-state index contributed by atoms with van der Waals surface area (Å²) in [6.07, 6.45) is -1.30. The Labute approximate surface area is 89.7 Å². The Morgan fingerprint density at radius 2 is 1.56 bits per heavy atom. The van der Waals surface area contributed by atoms with E-state index in [1.54, 1.807) is 0 Å². The van der Waals surface area contributed by atoms with Crippen LogP contribution in [0.25, 0.3) is 0 Å². The lowest BCUT2D eigenvalue weighted by molar-refractivity contribution is -0.172. The zero-order valence-corrected chi connectivity index (χ0v) is 8.42. The topological polar surface area (TPSA) is 135 Å². The van der Waals surface area contributed by atoms with E-state index in [0.717, 1.165) is 0 Å². The van der Waals surface area contributed by atoms with Gasteiger partial charge in [0.1, 0.15) is 0 Å². The van der Waals surface area contributed by atoms with Gasteiger partial charge in [-0.25, -0.2) is 14.4 Å². The number of hydrogen-bond acceptors (Lipinski definition) is 6. The molecule has 0 aliphatic rings. The van der Waals surface area contributed by atoms with Crippen LogP contribution >= 0.6 is 8.46 Å². The van der Waals surface area contributed by atoms with Crippen LogP contribution in [0.3, 0.4) is 0 Å². The van der Waals surface area contributed by atoms with E-state index in [-0.39, 0.29) is 0 Å². The molecule has 9 heteroatoms. The molecule has 0 aliphatic heterocycles. The van der Waals surface area contributed by atoms with Gasteiger partial charge in [0.15, 0.2) is 0 Å². The maximum atomic E-state index is 10.8. The molecule has 0 bridgehead atoms. The molecule has 0 aromatic heterocycles. The summed E-state index contributed by atoms with van der Waals surface area (Å²) in [5.41, 5.74) is -0.945. The van der Waals surface area contributed by atoms with Gasteiger partial charge in [-0.15, -0.1) is 0 Å². The van der Waals surface area contributed by atoms with Crippen LogP contribution in [0.4, 0.5) is 0 Å². The Balaban J connectivity index is 4.48. The van der Waals surface area contributed by atoms with E-state index < -0.39 is 38.0 Å². The molecule has 0 unspecified atom stereocenters. The van der Waals surface area contributed by atoms with Crippen molar-refractivity contribution in [3.8, 4) is 0 Å². The summed E-state index contributed by atoms with van der Waals surface area (Å²) < 4.78 is 13.9. The molecule has 0 saturated heterocycles. The average molecular weight is 248 g/mol. The summed E-state index contributed by atoms with van der Waals surface area (Å²) in [5, 5.41) is 16.6. The second-order valence-corrected chi connectivity index (χ2v) is 2.88. The summed E-state index contributed by atoms with van der Waals surface area (Å²) in [4.78, 5) is 41.7. The van der Waals surface area contributed by atoms with Gasteiger partial charge in [0.2, 0.25) is 14.0 Å². The van der Waals surface area contributed by atoms with Crippen molar-refractivity contribution in [3.05, 3.63) is 12.2 Å². The van der Waals surface area contributed by atoms with Gasteiger partial charge >= 0.3 is 17.9 Å². The van der Waals surface area contributed by atoms with Gasteiger partial charge in [0.25, 0.3) is 6.10 Å². The summed E-state index contributed by atoms with van der Waals surface area (Å²) in [6, 6.07) is 0. The predicted molar refractivity (Wildman–Crippen MR) is 46.9 cm³/mol. The van der Waals surface area contributed by atoms with Crippen molar-refractivity contribution in [1.29, 1.82) is 0 Å². The fraction of sp³-hybridized carbons (Fsp3) is 0.143. The third kappa shape index (κ3) is 4.97. The number of carboxylic acids is 2. The Bertz CT molecular complexity index is 357. The van der Waals surface area contributed by atoms with Gasteiger partial charge < -0.3 is 14.9 Å². The number of hydrogen-bond donors (Lipinski definition) is 2. The molecule has 0 aromatic carbocycles. The molecule has 0 aliphatic carbocycles. The molecule has 0 rings (SSSR count). The smallest absolute Gasteiger partial charge is 0.356 e. The molecule has 8 nitrogen and oxygen atoms in total. The zero-order chi connectivity index (χ0) is 12.7. The summed E-state index contributed by atoms with van der Waals surface area (Å²) in [5.74, 6) is -5.06. The van der Waals surface area contributed by atoms with Gasteiger partial charge in [0.05, 0.1) is 0 Å². The number of esters is 1. The molecule has 2 N–H and O–H groups in total. The molecule has 0 amide bonds. The lowest BCUT2D eigenvalue weighted by atomic mass is 10.3. The van der Waals surface area contributed by atoms with Crippen LogP contribution in [-0.2, 0) is 28.5 Å². The van der Waals surface area contributed by atoms with E-state index >= 15 is 0 Å². The Hall–Kier alpha value is -2.08.